The monoisotopic (exact) mass is 403 g/mol. The second-order valence-corrected chi connectivity index (χ2v) is 10.1. The maximum Gasteiger partial charge on any atom is 0.240 e. The van der Waals surface area contributed by atoms with E-state index in [0.717, 1.165) is 58.4 Å². The molecule has 2 heterocycles. The lowest BCUT2D eigenvalue weighted by atomic mass is 9.88. The Labute approximate surface area is 177 Å². The number of rotatable bonds is 4. The highest BCUT2D eigenvalue weighted by molar-refractivity contribution is 5.83. The van der Waals surface area contributed by atoms with E-state index in [4.69, 9.17) is 0 Å². The molecule has 0 aromatic rings. The lowest BCUT2D eigenvalue weighted by molar-refractivity contribution is -0.145. The van der Waals surface area contributed by atoms with Gasteiger partial charge in [0.25, 0.3) is 0 Å². The van der Waals surface area contributed by atoms with Gasteiger partial charge in [0.05, 0.1) is 6.04 Å². The highest BCUT2D eigenvalue weighted by Gasteiger charge is 2.41. The van der Waals surface area contributed by atoms with Gasteiger partial charge in [-0.1, -0.05) is 32.1 Å². The van der Waals surface area contributed by atoms with Crippen molar-refractivity contribution in [3.05, 3.63) is 0 Å². The lowest BCUT2D eigenvalue weighted by Crippen LogP contribution is -2.60. The minimum atomic E-state index is 0.0463. The molecule has 4 rings (SSSR count). The zero-order chi connectivity index (χ0) is 20.2. The van der Waals surface area contributed by atoms with E-state index in [1.54, 1.807) is 0 Å². The normalized spacial score (nSPS) is 29.2. The van der Waals surface area contributed by atoms with Gasteiger partial charge in [0.2, 0.25) is 11.8 Å². The molecule has 0 radical (unpaired) electrons. The SMILES string of the molecule is CC1CCCCN1C(=O)C(C1CCCC1)N1CCN(C(=O)C2CCCCC2)CC1. The predicted molar refractivity (Wildman–Crippen MR) is 116 cm³/mol. The Hall–Kier alpha value is -1.10. The zero-order valence-electron chi connectivity index (χ0n) is 18.5. The third-order valence-corrected chi connectivity index (χ3v) is 8.16. The van der Waals surface area contributed by atoms with Crippen molar-refractivity contribution in [3.8, 4) is 0 Å². The quantitative estimate of drug-likeness (QED) is 0.719. The summed E-state index contributed by atoms with van der Waals surface area (Å²) in [5, 5.41) is 0. The number of hydrogen-bond donors (Lipinski definition) is 0. The van der Waals surface area contributed by atoms with E-state index in [1.165, 1.54) is 51.4 Å². The molecule has 5 nitrogen and oxygen atoms in total. The highest BCUT2D eigenvalue weighted by atomic mass is 16.2. The van der Waals surface area contributed by atoms with Crippen molar-refractivity contribution in [1.82, 2.24) is 14.7 Å². The van der Waals surface area contributed by atoms with Gasteiger partial charge in [-0.05, 0) is 57.8 Å². The summed E-state index contributed by atoms with van der Waals surface area (Å²) in [5.74, 6) is 1.54. The summed E-state index contributed by atoms with van der Waals surface area (Å²) in [5.41, 5.74) is 0. The molecule has 2 atom stereocenters. The van der Waals surface area contributed by atoms with Crippen molar-refractivity contribution in [2.24, 2.45) is 11.8 Å². The molecule has 0 bridgehead atoms. The van der Waals surface area contributed by atoms with Crippen LogP contribution in [0.3, 0.4) is 0 Å². The first-order valence-electron chi connectivity index (χ1n) is 12.5. The third-order valence-electron chi connectivity index (χ3n) is 8.16. The van der Waals surface area contributed by atoms with Crippen molar-refractivity contribution in [3.63, 3.8) is 0 Å². The van der Waals surface area contributed by atoms with Crippen LogP contribution in [0.2, 0.25) is 0 Å². The Morgan fingerprint density at radius 3 is 2.00 bits per heavy atom. The summed E-state index contributed by atoms with van der Waals surface area (Å²) < 4.78 is 0. The van der Waals surface area contributed by atoms with Crippen LogP contribution in [0.15, 0.2) is 0 Å². The molecule has 2 amide bonds. The summed E-state index contributed by atoms with van der Waals surface area (Å²) in [6.45, 7) is 6.51. The van der Waals surface area contributed by atoms with E-state index in [1.807, 2.05) is 0 Å². The Balaban J connectivity index is 1.39. The van der Waals surface area contributed by atoms with Crippen LogP contribution in [0.1, 0.15) is 84.0 Å². The molecule has 2 saturated heterocycles. The molecule has 0 aromatic carbocycles. The molecule has 2 aliphatic carbocycles. The molecule has 4 fully saturated rings. The van der Waals surface area contributed by atoms with Gasteiger partial charge in [0.15, 0.2) is 0 Å². The lowest BCUT2D eigenvalue weighted by Gasteiger charge is -2.45. The molecule has 29 heavy (non-hydrogen) atoms. The van der Waals surface area contributed by atoms with Crippen molar-refractivity contribution in [2.75, 3.05) is 32.7 Å². The fraction of sp³-hybridized carbons (Fsp3) is 0.917. The summed E-state index contributed by atoms with van der Waals surface area (Å²) in [6, 6.07) is 0.430. The average molecular weight is 404 g/mol. The van der Waals surface area contributed by atoms with Crippen molar-refractivity contribution in [2.45, 2.75) is 96.1 Å². The Bertz CT molecular complexity index is 560. The number of carbonyl (C=O) groups excluding carboxylic acids is 2. The Kier molecular flexibility index (Phi) is 7.15. The van der Waals surface area contributed by atoms with Crippen LogP contribution in [0.5, 0.6) is 0 Å². The van der Waals surface area contributed by atoms with Crippen molar-refractivity contribution < 1.29 is 9.59 Å². The van der Waals surface area contributed by atoms with E-state index >= 15 is 0 Å². The zero-order valence-corrected chi connectivity index (χ0v) is 18.5. The number of nitrogens with zero attached hydrogens (tertiary/aromatic N) is 3. The third kappa shape index (κ3) is 4.81. The van der Waals surface area contributed by atoms with Gasteiger partial charge in [0, 0.05) is 44.7 Å². The van der Waals surface area contributed by atoms with Gasteiger partial charge in [-0.15, -0.1) is 0 Å². The molecule has 2 unspecified atom stereocenters. The van der Waals surface area contributed by atoms with Crippen molar-refractivity contribution in [1.29, 1.82) is 0 Å². The molecule has 0 spiro atoms. The molecular formula is C24H41N3O2. The maximum atomic E-state index is 13.7. The van der Waals surface area contributed by atoms with Gasteiger partial charge in [-0.3, -0.25) is 14.5 Å². The summed E-state index contributed by atoms with van der Waals surface area (Å²) in [6.07, 6.45) is 14.3. The molecule has 2 saturated carbocycles. The van der Waals surface area contributed by atoms with Crippen LogP contribution in [0, 0.1) is 11.8 Å². The van der Waals surface area contributed by atoms with Gasteiger partial charge in [0.1, 0.15) is 0 Å². The van der Waals surface area contributed by atoms with E-state index in [2.05, 4.69) is 21.6 Å². The molecular weight excluding hydrogens is 362 g/mol. The average Bonchev–Trinajstić information content (AvgIpc) is 3.29. The number of carbonyl (C=O) groups is 2. The first-order chi connectivity index (χ1) is 14.1. The second-order valence-electron chi connectivity index (χ2n) is 10.1. The fourth-order valence-electron chi connectivity index (χ4n) is 6.35. The standard InChI is InChI=1S/C24H41N3O2/c1-19-9-7-8-14-27(19)24(29)22(20-10-5-6-11-20)25-15-17-26(18-16-25)23(28)21-12-3-2-4-13-21/h19-22H,2-18H2,1H3. The van der Waals surface area contributed by atoms with Crippen molar-refractivity contribution >= 4 is 11.8 Å². The van der Waals surface area contributed by atoms with E-state index in [-0.39, 0.29) is 12.0 Å². The smallest absolute Gasteiger partial charge is 0.240 e. The maximum absolute atomic E-state index is 13.7. The van der Waals surface area contributed by atoms with Gasteiger partial charge < -0.3 is 9.80 Å². The number of amides is 2. The van der Waals surface area contributed by atoms with E-state index in [0.29, 0.717) is 23.8 Å². The summed E-state index contributed by atoms with van der Waals surface area (Å²) >= 11 is 0. The van der Waals surface area contributed by atoms with Gasteiger partial charge in [-0.2, -0.15) is 0 Å². The molecule has 164 valence electrons. The summed E-state index contributed by atoms with van der Waals surface area (Å²) in [4.78, 5) is 33.3. The van der Waals surface area contributed by atoms with Crippen LogP contribution in [0.4, 0.5) is 0 Å². The van der Waals surface area contributed by atoms with Crippen LogP contribution in [-0.4, -0.2) is 71.3 Å². The predicted octanol–water partition coefficient (Wildman–Crippen LogP) is 3.67. The van der Waals surface area contributed by atoms with E-state index < -0.39 is 0 Å². The van der Waals surface area contributed by atoms with Crippen LogP contribution in [0.25, 0.3) is 0 Å². The molecule has 0 N–H and O–H groups in total. The number of likely N-dealkylation sites (tertiary alicyclic amines) is 1. The second kappa shape index (κ2) is 9.80. The Morgan fingerprint density at radius 1 is 0.724 bits per heavy atom. The van der Waals surface area contributed by atoms with Gasteiger partial charge in [-0.25, -0.2) is 0 Å². The first-order valence-corrected chi connectivity index (χ1v) is 12.5. The van der Waals surface area contributed by atoms with Crippen LogP contribution in [-0.2, 0) is 9.59 Å². The molecule has 0 aromatic heterocycles. The highest BCUT2D eigenvalue weighted by Crippen LogP contribution is 2.33. The number of piperidine rings is 1. The molecule has 5 heteroatoms. The molecule has 2 aliphatic heterocycles. The largest absolute Gasteiger partial charge is 0.340 e. The minimum Gasteiger partial charge on any atom is -0.340 e. The minimum absolute atomic E-state index is 0.0463. The number of piperazine rings is 1. The molecule has 4 aliphatic rings. The fourth-order valence-corrected chi connectivity index (χ4v) is 6.35. The van der Waals surface area contributed by atoms with Crippen LogP contribution < -0.4 is 0 Å². The Morgan fingerprint density at radius 2 is 1.34 bits per heavy atom. The van der Waals surface area contributed by atoms with Gasteiger partial charge >= 0.3 is 0 Å². The first kappa shape index (κ1) is 21.1. The van der Waals surface area contributed by atoms with Crippen LogP contribution >= 0.6 is 0 Å². The van der Waals surface area contributed by atoms with E-state index in [9.17, 15) is 9.59 Å². The number of hydrogen-bond acceptors (Lipinski definition) is 3. The summed E-state index contributed by atoms with van der Waals surface area (Å²) in [7, 11) is 0. The topological polar surface area (TPSA) is 43.9 Å².